The standard InChI is InChI=1S/C11H19IO2/c1-11(2,7-5-8-12)14-10-6-3-4-9-13-10/h5,8,10H,3-4,6-7,9H2,1-2H3/b8-5+. The summed E-state index contributed by atoms with van der Waals surface area (Å²) < 4.78 is 13.5. The molecule has 1 aliphatic heterocycles. The second-order valence-corrected chi connectivity index (χ2v) is 4.96. The van der Waals surface area contributed by atoms with Crippen molar-refractivity contribution in [2.24, 2.45) is 0 Å². The van der Waals surface area contributed by atoms with Crippen molar-refractivity contribution >= 4 is 22.6 Å². The summed E-state index contributed by atoms with van der Waals surface area (Å²) >= 11 is 2.23. The molecule has 3 heteroatoms. The van der Waals surface area contributed by atoms with Gasteiger partial charge in [-0.15, -0.1) is 0 Å². The van der Waals surface area contributed by atoms with Gasteiger partial charge in [-0.25, -0.2) is 0 Å². The molecule has 1 heterocycles. The first-order valence-corrected chi connectivity index (χ1v) is 6.43. The lowest BCUT2D eigenvalue weighted by molar-refractivity contribution is -0.214. The van der Waals surface area contributed by atoms with Crippen molar-refractivity contribution < 1.29 is 9.47 Å². The van der Waals surface area contributed by atoms with Gasteiger partial charge in [0.25, 0.3) is 0 Å². The lowest BCUT2D eigenvalue weighted by Gasteiger charge is -2.32. The minimum Gasteiger partial charge on any atom is -0.353 e. The predicted molar refractivity (Wildman–Crippen MR) is 66.5 cm³/mol. The average Bonchev–Trinajstić information content (AvgIpc) is 2.16. The number of hydrogen-bond acceptors (Lipinski definition) is 2. The van der Waals surface area contributed by atoms with Crippen molar-refractivity contribution in [1.82, 2.24) is 0 Å². The Kier molecular flexibility index (Phi) is 5.41. The zero-order chi connectivity index (χ0) is 10.4. The van der Waals surface area contributed by atoms with E-state index in [0.717, 1.165) is 19.4 Å². The van der Waals surface area contributed by atoms with Gasteiger partial charge in [-0.1, -0.05) is 28.7 Å². The summed E-state index contributed by atoms with van der Waals surface area (Å²) in [6, 6.07) is 0. The van der Waals surface area contributed by atoms with Crippen LogP contribution in [0.5, 0.6) is 0 Å². The zero-order valence-electron chi connectivity index (χ0n) is 8.96. The number of halogens is 1. The highest BCUT2D eigenvalue weighted by Gasteiger charge is 2.24. The van der Waals surface area contributed by atoms with E-state index >= 15 is 0 Å². The van der Waals surface area contributed by atoms with E-state index in [0.29, 0.717) is 0 Å². The lowest BCUT2D eigenvalue weighted by Crippen LogP contribution is -2.33. The molecule has 0 aliphatic carbocycles. The molecule has 1 rings (SSSR count). The van der Waals surface area contributed by atoms with Crippen molar-refractivity contribution in [1.29, 1.82) is 0 Å². The zero-order valence-corrected chi connectivity index (χ0v) is 11.1. The number of ether oxygens (including phenoxy) is 2. The van der Waals surface area contributed by atoms with Gasteiger partial charge in [0.05, 0.1) is 5.60 Å². The van der Waals surface area contributed by atoms with Gasteiger partial charge in [-0.05, 0) is 43.6 Å². The average molecular weight is 310 g/mol. The maximum Gasteiger partial charge on any atom is 0.158 e. The highest BCUT2D eigenvalue weighted by molar-refractivity contribution is 14.1. The minimum absolute atomic E-state index is 0.0151. The van der Waals surface area contributed by atoms with Gasteiger partial charge in [0.15, 0.2) is 6.29 Å². The van der Waals surface area contributed by atoms with E-state index in [9.17, 15) is 0 Å². The Hall–Kier alpha value is 0.390. The summed E-state index contributed by atoms with van der Waals surface area (Å²) in [5, 5.41) is 0. The molecule has 1 saturated heterocycles. The van der Waals surface area contributed by atoms with Gasteiger partial charge in [0, 0.05) is 6.61 Å². The van der Waals surface area contributed by atoms with E-state index in [1.165, 1.54) is 12.8 Å². The molecule has 82 valence electrons. The Morgan fingerprint density at radius 2 is 2.29 bits per heavy atom. The number of hydrogen-bond donors (Lipinski definition) is 0. The van der Waals surface area contributed by atoms with Crippen molar-refractivity contribution in [3.8, 4) is 0 Å². The molecule has 0 N–H and O–H groups in total. The molecule has 0 aromatic rings. The summed E-state index contributed by atoms with van der Waals surface area (Å²) in [6.07, 6.45) is 6.52. The maximum atomic E-state index is 5.90. The molecular formula is C11H19IO2. The monoisotopic (exact) mass is 310 g/mol. The molecule has 0 aromatic heterocycles. The minimum atomic E-state index is -0.107. The highest BCUT2D eigenvalue weighted by Crippen LogP contribution is 2.23. The first-order valence-electron chi connectivity index (χ1n) is 5.19. The quantitative estimate of drug-likeness (QED) is 0.738. The molecule has 0 bridgehead atoms. The van der Waals surface area contributed by atoms with Crippen LogP contribution in [0.1, 0.15) is 39.5 Å². The summed E-state index contributed by atoms with van der Waals surface area (Å²) in [7, 11) is 0. The Bertz CT molecular complexity index is 184. The van der Waals surface area contributed by atoms with E-state index in [1.54, 1.807) is 0 Å². The third-order valence-corrected chi connectivity index (χ3v) is 2.80. The summed E-state index contributed by atoms with van der Waals surface area (Å²) in [6.45, 7) is 5.08. The molecule has 1 fully saturated rings. The lowest BCUT2D eigenvalue weighted by atomic mass is 10.1. The van der Waals surface area contributed by atoms with Gasteiger partial charge < -0.3 is 9.47 Å². The first-order chi connectivity index (χ1) is 6.64. The molecule has 0 aromatic carbocycles. The van der Waals surface area contributed by atoms with Crippen LogP contribution in [0.3, 0.4) is 0 Å². The predicted octanol–water partition coefficient (Wildman–Crippen LogP) is 3.65. The van der Waals surface area contributed by atoms with Crippen LogP contribution in [-0.2, 0) is 9.47 Å². The largest absolute Gasteiger partial charge is 0.353 e. The van der Waals surface area contributed by atoms with Crippen LogP contribution in [0.15, 0.2) is 10.2 Å². The molecule has 0 amide bonds. The van der Waals surface area contributed by atoms with Gasteiger partial charge >= 0.3 is 0 Å². The van der Waals surface area contributed by atoms with Gasteiger partial charge in [0.1, 0.15) is 0 Å². The second-order valence-electron chi connectivity index (χ2n) is 4.24. The van der Waals surface area contributed by atoms with Gasteiger partial charge in [-0.3, -0.25) is 0 Å². The van der Waals surface area contributed by atoms with Crippen molar-refractivity contribution in [3.05, 3.63) is 10.2 Å². The van der Waals surface area contributed by atoms with E-state index in [1.807, 2.05) is 4.08 Å². The van der Waals surface area contributed by atoms with Gasteiger partial charge in [-0.2, -0.15) is 0 Å². The van der Waals surface area contributed by atoms with Crippen LogP contribution in [0.2, 0.25) is 0 Å². The SMILES string of the molecule is CC(C)(C/C=C/I)OC1CCCCO1. The normalized spacial score (nSPS) is 24.4. The Morgan fingerprint density at radius 3 is 2.86 bits per heavy atom. The van der Waals surface area contributed by atoms with Crippen LogP contribution < -0.4 is 0 Å². The molecule has 1 aliphatic rings. The summed E-state index contributed by atoms with van der Waals surface area (Å²) in [4.78, 5) is 0. The summed E-state index contributed by atoms with van der Waals surface area (Å²) in [5.41, 5.74) is -0.107. The van der Waals surface area contributed by atoms with E-state index in [4.69, 9.17) is 9.47 Å². The number of rotatable bonds is 4. The molecule has 1 atom stereocenters. The Morgan fingerprint density at radius 1 is 1.50 bits per heavy atom. The molecule has 0 spiro atoms. The third-order valence-electron chi connectivity index (χ3n) is 2.29. The van der Waals surface area contributed by atoms with Crippen LogP contribution in [0.4, 0.5) is 0 Å². The summed E-state index contributed by atoms with van der Waals surface area (Å²) in [5.74, 6) is 0. The van der Waals surface area contributed by atoms with E-state index in [2.05, 4.69) is 42.5 Å². The Balaban J connectivity index is 2.32. The smallest absolute Gasteiger partial charge is 0.158 e. The van der Waals surface area contributed by atoms with Crippen LogP contribution in [0, 0.1) is 0 Å². The molecule has 0 saturated carbocycles. The molecular weight excluding hydrogens is 291 g/mol. The fraction of sp³-hybridized carbons (Fsp3) is 0.818. The molecule has 1 unspecified atom stereocenters. The van der Waals surface area contributed by atoms with Crippen LogP contribution in [-0.4, -0.2) is 18.5 Å². The van der Waals surface area contributed by atoms with Gasteiger partial charge in [0.2, 0.25) is 0 Å². The second kappa shape index (κ2) is 6.08. The topological polar surface area (TPSA) is 18.5 Å². The third kappa shape index (κ3) is 4.75. The van der Waals surface area contributed by atoms with Crippen LogP contribution in [0.25, 0.3) is 0 Å². The fourth-order valence-electron chi connectivity index (χ4n) is 1.54. The van der Waals surface area contributed by atoms with Crippen molar-refractivity contribution in [2.75, 3.05) is 6.61 Å². The maximum absolute atomic E-state index is 5.90. The Labute approximate surface area is 100 Å². The first kappa shape index (κ1) is 12.5. The van der Waals surface area contributed by atoms with Crippen LogP contribution >= 0.6 is 22.6 Å². The fourth-order valence-corrected chi connectivity index (χ4v) is 1.79. The molecule has 14 heavy (non-hydrogen) atoms. The molecule has 0 radical (unpaired) electrons. The van der Waals surface area contributed by atoms with E-state index < -0.39 is 0 Å². The van der Waals surface area contributed by atoms with E-state index in [-0.39, 0.29) is 11.9 Å². The molecule has 2 nitrogen and oxygen atoms in total. The highest BCUT2D eigenvalue weighted by atomic mass is 127. The van der Waals surface area contributed by atoms with Crippen molar-refractivity contribution in [3.63, 3.8) is 0 Å². The van der Waals surface area contributed by atoms with Crippen molar-refractivity contribution in [2.45, 2.75) is 51.4 Å².